The number of benzene rings is 1. The second kappa shape index (κ2) is 3.49. The fraction of sp³-hybridized carbons (Fsp3) is 0.222. The van der Waals surface area contributed by atoms with Crippen LogP contribution in [0.3, 0.4) is 0 Å². The molecule has 0 bridgehead atoms. The summed E-state index contributed by atoms with van der Waals surface area (Å²) in [5.74, 6) is 0. The smallest absolute Gasteiger partial charge is 0.0765 e. The van der Waals surface area contributed by atoms with Gasteiger partial charge in [-0.1, -0.05) is 30.4 Å². The lowest BCUT2D eigenvalue weighted by molar-refractivity contribution is 1.46. The van der Waals surface area contributed by atoms with Gasteiger partial charge in [0, 0.05) is 5.69 Å². The van der Waals surface area contributed by atoms with Crippen LogP contribution in [0.25, 0.3) is 0 Å². The van der Waals surface area contributed by atoms with Gasteiger partial charge in [0.1, 0.15) is 0 Å². The van der Waals surface area contributed by atoms with Crippen LogP contribution in [-0.2, 0) is 0 Å². The van der Waals surface area contributed by atoms with E-state index < -0.39 is 0 Å². The van der Waals surface area contributed by atoms with E-state index in [4.69, 9.17) is 12.2 Å². The normalized spacial score (nSPS) is 9.27. The number of hydrogen-bond acceptors (Lipinski definition) is 1. The molecule has 1 aromatic rings. The summed E-state index contributed by atoms with van der Waals surface area (Å²) in [6, 6.07) is 8.08. The van der Waals surface area contributed by atoms with Crippen molar-refractivity contribution in [3.63, 3.8) is 0 Å². The van der Waals surface area contributed by atoms with Gasteiger partial charge >= 0.3 is 0 Å². The molecule has 1 N–H and O–H groups in total. The number of anilines is 1. The van der Waals surface area contributed by atoms with Crippen LogP contribution in [0.15, 0.2) is 24.3 Å². The Bertz CT molecular complexity index is 268. The van der Waals surface area contributed by atoms with Gasteiger partial charge in [-0.2, -0.15) is 0 Å². The first-order valence-electron chi connectivity index (χ1n) is 3.53. The Morgan fingerprint density at radius 1 is 1.36 bits per heavy atom. The summed E-state index contributed by atoms with van der Waals surface area (Å²) in [5, 5.41) is 3.10. The Hall–Kier alpha value is -0.890. The van der Waals surface area contributed by atoms with Crippen LogP contribution in [-0.4, -0.2) is 4.99 Å². The topological polar surface area (TPSA) is 12.0 Å². The molecule has 11 heavy (non-hydrogen) atoms. The van der Waals surface area contributed by atoms with E-state index in [1.165, 1.54) is 5.56 Å². The molecule has 2 heteroatoms. The highest BCUT2D eigenvalue weighted by Gasteiger charge is 1.94. The van der Waals surface area contributed by atoms with Gasteiger partial charge in [0.15, 0.2) is 0 Å². The van der Waals surface area contributed by atoms with Crippen molar-refractivity contribution in [2.45, 2.75) is 13.8 Å². The summed E-state index contributed by atoms with van der Waals surface area (Å²) >= 11 is 4.93. The SMILES string of the molecule is CC(=S)Nc1ccccc1C. The quantitative estimate of drug-likeness (QED) is 0.642. The third-order valence-corrected chi connectivity index (χ3v) is 1.56. The molecule has 0 spiro atoms. The monoisotopic (exact) mass is 165 g/mol. The Morgan fingerprint density at radius 3 is 2.55 bits per heavy atom. The highest BCUT2D eigenvalue weighted by atomic mass is 32.1. The van der Waals surface area contributed by atoms with Crippen molar-refractivity contribution in [2.75, 3.05) is 5.32 Å². The summed E-state index contributed by atoms with van der Waals surface area (Å²) < 4.78 is 0. The second-order valence-corrected chi connectivity index (χ2v) is 3.11. The number of hydrogen-bond donors (Lipinski definition) is 1. The van der Waals surface area contributed by atoms with E-state index in [2.05, 4.69) is 18.3 Å². The molecule has 0 fully saturated rings. The third-order valence-electron chi connectivity index (χ3n) is 1.46. The molecule has 0 saturated heterocycles. The van der Waals surface area contributed by atoms with Gasteiger partial charge in [-0.05, 0) is 25.5 Å². The average molecular weight is 165 g/mol. The highest BCUT2D eigenvalue weighted by Crippen LogP contribution is 2.12. The van der Waals surface area contributed by atoms with Gasteiger partial charge < -0.3 is 5.32 Å². The van der Waals surface area contributed by atoms with Crippen LogP contribution in [0.5, 0.6) is 0 Å². The molecule has 58 valence electrons. The average Bonchev–Trinajstić information content (AvgIpc) is 1.93. The minimum absolute atomic E-state index is 0.805. The fourth-order valence-corrected chi connectivity index (χ4v) is 1.01. The summed E-state index contributed by atoms with van der Waals surface area (Å²) in [7, 11) is 0. The van der Waals surface area contributed by atoms with Crippen molar-refractivity contribution in [1.82, 2.24) is 0 Å². The Labute approximate surface area is 72.4 Å². The zero-order valence-electron chi connectivity index (χ0n) is 6.72. The van der Waals surface area contributed by atoms with Crippen LogP contribution in [0.1, 0.15) is 12.5 Å². The third kappa shape index (κ3) is 2.31. The summed E-state index contributed by atoms with van der Waals surface area (Å²) in [6.45, 7) is 3.93. The number of thiocarbonyl (C=S) groups is 1. The molecule has 0 heterocycles. The van der Waals surface area contributed by atoms with Crippen molar-refractivity contribution in [3.8, 4) is 0 Å². The lowest BCUT2D eigenvalue weighted by Crippen LogP contribution is -2.04. The molecule has 1 aromatic carbocycles. The van der Waals surface area contributed by atoms with Crippen LogP contribution in [0.4, 0.5) is 5.69 Å². The van der Waals surface area contributed by atoms with E-state index in [0.29, 0.717) is 0 Å². The van der Waals surface area contributed by atoms with Crippen molar-refractivity contribution < 1.29 is 0 Å². The molecular weight excluding hydrogens is 154 g/mol. The lowest BCUT2D eigenvalue weighted by atomic mass is 10.2. The Morgan fingerprint density at radius 2 is 2.00 bits per heavy atom. The molecule has 0 aliphatic heterocycles. The van der Waals surface area contributed by atoms with E-state index in [-0.39, 0.29) is 0 Å². The number of aryl methyl sites for hydroxylation is 1. The summed E-state index contributed by atoms with van der Waals surface area (Å²) in [4.78, 5) is 0.805. The molecule has 0 aliphatic rings. The molecule has 0 aromatic heterocycles. The number of para-hydroxylation sites is 1. The van der Waals surface area contributed by atoms with E-state index in [0.717, 1.165) is 10.7 Å². The van der Waals surface area contributed by atoms with Crippen LogP contribution in [0, 0.1) is 6.92 Å². The van der Waals surface area contributed by atoms with E-state index in [9.17, 15) is 0 Å². The minimum atomic E-state index is 0.805. The molecule has 1 rings (SSSR count). The maximum absolute atomic E-state index is 4.93. The lowest BCUT2D eigenvalue weighted by Gasteiger charge is -2.05. The maximum Gasteiger partial charge on any atom is 0.0765 e. The first-order chi connectivity index (χ1) is 5.20. The maximum atomic E-state index is 4.93. The highest BCUT2D eigenvalue weighted by molar-refractivity contribution is 7.80. The number of nitrogens with one attached hydrogen (secondary N) is 1. The van der Waals surface area contributed by atoms with Crippen LogP contribution < -0.4 is 5.32 Å². The second-order valence-electron chi connectivity index (χ2n) is 2.50. The molecule has 0 unspecified atom stereocenters. The van der Waals surface area contributed by atoms with Gasteiger partial charge in [-0.25, -0.2) is 0 Å². The summed E-state index contributed by atoms with van der Waals surface area (Å²) in [6.07, 6.45) is 0. The van der Waals surface area contributed by atoms with Gasteiger partial charge in [0.2, 0.25) is 0 Å². The molecule has 0 radical (unpaired) electrons. The van der Waals surface area contributed by atoms with E-state index in [1.807, 2.05) is 25.1 Å². The molecular formula is C9H11NS. The van der Waals surface area contributed by atoms with Crippen LogP contribution in [0.2, 0.25) is 0 Å². The van der Waals surface area contributed by atoms with Gasteiger partial charge in [-0.3, -0.25) is 0 Å². The molecule has 0 saturated carbocycles. The van der Waals surface area contributed by atoms with E-state index >= 15 is 0 Å². The van der Waals surface area contributed by atoms with Gasteiger partial charge in [0.25, 0.3) is 0 Å². The number of rotatable bonds is 1. The van der Waals surface area contributed by atoms with Crippen molar-refractivity contribution in [2.24, 2.45) is 0 Å². The molecule has 0 amide bonds. The first-order valence-corrected chi connectivity index (χ1v) is 3.94. The van der Waals surface area contributed by atoms with Crippen molar-refractivity contribution in [3.05, 3.63) is 29.8 Å². The first kappa shape index (κ1) is 8.21. The predicted molar refractivity (Wildman–Crippen MR) is 53.1 cm³/mol. The predicted octanol–water partition coefficient (Wildman–Crippen LogP) is 2.75. The minimum Gasteiger partial charge on any atom is -0.350 e. The zero-order valence-corrected chi connectivity index (χ0v) is 7.53. The Balaban J connectivity index is 2.86. The van der Waals surface area contributed by atoms with Gasteiger partial charge in [-0.15, -0.1) is 0 Å². The van der Waals surface area contributed by atoms with Gasteiger partial charge in [0.05, 0.1) is 4.99 Å². The molecule has 0 atom stereocenters. The van der Waals surface area contributed by atoms with Crippen molar-refractivity contribution in [1.29, 1.82) is 0 Å². The molecule has 1 nitrogen and oxygen atoms in total. The van der Waals surface area contributed by atoms with E-state index in [1.54, 1.807) is 0 Å². The van der Waals surface area contributed by atoms with Crippen LogP contribution >= 0.6 is 12.2 Å². The molecule has 0 aliphatic carbocycles. The zero-order chi connectivity index (χ0) is 8.27. The standard InChI is InChI=1S/C9H11NS/c1-7-5-3-4-6-9(7)10-8(2)11/h3-6H,1-2H3,(H,10,11). The largest absolute Gasteiger partial charge is 0.350 e. The fourth-order valence-electron chi connectivity index (χ4n) is 0.903. The summed E-state index contributed by atoms with van der Waals surface area (Å²) in [5.41, 5.74) is 2.32. The Kier molecular flexibility index (Phi) is 2.60. The van der Waals surface area contributed by atoms with Crippen molar-refractivity contribution >= 4 is 22.9 Å².